The zero-order chi connectivity index (χ0) is 19.8. The summed E-state index contributed by atoms with van der Waals surface area (Å²) >= 11 is 8.28. The summed E-state index contributed by atoms with van der Waals surface area (Å²) < 4.78 is 25.1. The Hall–Kier alpha value is -1.97. The highest BCUT2D eigenvalue weighted by molar-refractivity contribution is 14.1. The lowest BCUT2D eigenvalue weighted by Crippen LogP contribution is -2.14. The first-order valence-corrected chi connectivity index (χ1v) is 11.1. The van der Waals surface area contributed by atoms with Gasteiger partial charge in [0.2, 0.25) is 5.91 Å². The van der Waals surface area contributed by atoms with Gasteiger partial charge >= 0.3 is 0 Å². The maximum atomic E-state index is 12.3. The van der Waals surface area contributed by atoms with Gasteiger partial charge in [0.15, 0.2) is 9.84 Å². The number of rotatable bonds is 4. The molecule has 27 heavy (non-hydrogen) atoms. The summed E-state index contributed by atoms with van der Waals surface area (Å²) in [5, 5.41) is 0.486. The molecule has 8 heteroatoms. The van der Waals surface area contributed by atoms with Crippen LogP contribution < -0.4 is 5.73 Å². The first kappa shape index (κ1) is 19.8. The maximum Gasteiger partial charge on any atom is 0.249 e. The molecule has 0 bridgehead atoms. The van der Waals surface area contributed by atoms with Crippen molar-refractivity contribution < 1.29 is 13.2 Å². The van der Waals surface area contributed by atoms with Crippen molar-refractivity contribution in [1.82, 2.24) is 4.98 Å². The van der Waals surface area contributed by atoms with Crippen LogP contribution in [0.1, 0.15) is 10.4 Å². The SMILES string of the molecule is CS(=O)(=O)c1ccc(C(N)=O)c(I)c1-c1ccc(Cl)c(-c2ccccn2)c1. The molecule has 138 valence electrons. The molecule has 2 N–H and O–H groups in total. The first-order chi connectivity index (χ1) is 12.7. The van der Waals surface area contributed by atoms with Gasteiger partial charge in [0, 0.05) is 32.2 Å². The summed E-state index contributed by atoms with van der Waals surface area (Å²) in [6.45, 7) is 0. The third-order valence-electron chi connectivity index (χ3n) is 3.96. The van der Waals surface area contributed by atoms with Crippen LogP contribution in [0.25, 0.3) is 22.4 Å². The van der Waals surface area contributed by atoms with Crippen LogP contribution in [-0.2, 0) is 9.84 Å². The Morgan fingerprint density at radius 3 is 2.48 bits per heavy atom. The van der Waals surface area contributed by atoms with E-state index in [1.807, 2.05) is 34.7 Å². The van der Waals surface area contributed by atoms with Gasteiger partial charge in [0.1, 0.15) is 0 Å². The minimum Gasteiger partial charge on any atom is -0.366 e. The Balaban J connectivity index is 2.34. The van der Waals surface area contributed by atoms with Crippen LogP contribution in [0.3, 0.4) is 0 Å². The molecule has 0 atom stereocenters. The largest absolute Gasteiger partial charge is 0.366 e. The van der Waals surface area contributed by atoms with E-state index < -0.39 is 15.7 Å². The van der Waals surface area contributed by atoms with E-state index in [4.69, 9.17) is 17.3 Å². The molecule has 3 aromatic rings. The number of hydrogen-bond donors (Lipinski definition) is 1. The van der Waals surface area contributed by atoms with Crippen LogP contribution in [-0.4, -0.2) is 25.6 Å². The molecule has 0 unspecified atom stereocenters. The number of carbonyl (C=O) groups is 1. The Kier molecular flexibility index (Phi) is 5.55. The molecule has 0 aliphatic rings. The van der Waals surface area contributed by atoms with Crippen molar-refractivity contribution in [3.05, 3.63) is 68.9 Å². The summed E-state index contributed by atoms with van der Waals surface area (Å²) in [6, 6.07) is 13.4. The molecule has 0 saturated carbocycles. The van der Waals surface area contributed by atoms with Gasteiger partial charge in [-0.2, -0.15) is 0 Å². The predicted molar refractivity (Wildman–Crippen MR) is 114 cm³/mol. The van der Waals surface area contributed by atoms with E-state index in [1.54, 1.807) is 30.5 Å². The average molecular weight is 513 g/mol. The average Bonchev–Trinajstić information content (AvgIpc) is 2.61. The zero-order valence-corrected chi connectivity index (χ0v) is 17.8. The second-order valence-electron chi connectivity index (χ2n) is 5.85. The Bertz CT molecular complexity index is 1150. The molecule has 1 heterocycles. The number of pyridine rings is 1. The molecule has 2 aromatic carbocycles. The van der Waals surface area contributed by atoms with Crippen LogP contribution >= 0.6 is 34.2 Å². The number of halogens is 2. The van der Waals surface area contributed by atoms with Crippen molar-refractivity contribution in [2.24, 2.45) is 5.73 Å². The monoisotopic (exact) mass is 512 g/mol. The van der Waals surface area contributed by atoms with Gasteiger partial charge in [-0.15, -0.1) is 0 Å². The van der Waals surface area contributed by atoms with Crippen molar-refractivity contribution >= 4 is 49.9 Å². The van der Waals surface area contributed by atoms with Gasteiger partial charge in [0.25, 0.3) is 0 Å². The molecule has 5 nitrogen and oxygen atoms in total. The second kappa shape index (κ2) is 7.57. The lowest BCUT2D eigenvalue weighted by atomic mass is 9.99. The number of benzene rings is 2. The number of carbonyl (C=O) groups excluding carboxylic acids is 1. The standard InChI is InChI=1S/C19H14ClIN2O3S/c1-27(25,26)16-8-6-12(19(22)24)18(21)17(16)11-5-7-14(20)13(10-11)15-4-2-3-9-23-15/h2-10H,1H3,(H2,22,24). The number of nitrogens with zero attached hydrogens (tertiary/aromatic N) is 1. The molecule has 0 spiro atoms. The molecule has 1 aromatic heterocycles. The molecule has 3 rings (SSSR count). The minimum atomic E-state index is -3.54. The van der Waals surface area contributed by atoms with Crippen LogP contribution in [0.5, 0.6) is 0 Å². The third-order valence-corrected chi connectivity index (χ3v) is 6.55. The number of sulfone groups is 1. The normalized spacial score (nSPS) is 11.4. The van der Waals surface area contributed by atoms with Crippen molar-refractivity contribution in [1.29, 1.82) is 0 Å². The van der Waals surface area contributed by atoms with Gasteiger partial charge in [-0.3, -0.25) is 9.78 Å². The quantitative estimate of drug-likeness (QED) is 0.531. The summed E-state index contributed by atoms with van der Waals surface area (Å²) in [5.74, 6) is -0.625. The summed E-state index contributed by atoms with van der Waals surface area (Å²) in [4.78, 5) is 16.2. The Morgan fingerprint density at radius 1 is 1.15 bits per heavy atom. The summed E-state index contributed by atoms with van der Waals surface area (Å²) in [7, 11) is -3.54. The molecule has 0 saturated heterocycles. The fourth-order valence-electron chi connectivity index (χ4n) is 2.73. The Morgan fingerprint density at radius 2 is 1.89 bits per heavy atom. The molecular formula is C19H14ClIN2O3S. The van der Waals surface area contributed by atoms with E-state index in [1.165, 1.54) is 12.1 Å². The van der Waals surface area contributed by atoms with Crippen LogP contribution in [0.2, 0.25) is 5.02 Å². The van der Waals surface area contributed by atoms with Crippen molar-refractivity contribution in [3.8, 4) is 22.4 Å². The zero-order valence-electron chi connectivity index (χ0n) is 14.1. The summed E-state index contributed by atoms with van der Waals surface area (Å²) in [5.41, 5.74) is 8.04. The van der Waals surface area contributed by atoms with E-state index in [9.17, 15) is 13.2 Å². The van der Waals surface area contributed by atoms with Crippen LogP contribution in [0, 0.1) is 3.57 Å². The predicted octanol–water partition coefficient (Wildman–Crippen LogP) is 4.18. The molecular weight excluding hydrogens is 499 g/mol. The minimum absolute atomic E-state index is 0.117. The molecule has 0 aliphatic heterocycles. The smallest absolute Gasteiger partial charge is 0.249 e. The van der Waals surface area contributed by atoms with Crippen molar-refractivity contribution in [2.45, 2.75) is 4.90 Å². The summed E-state index contributed by atoms with van der Waals surface area (Å²) in [6.07, 6.45) is 2.78. The van der Waals surface area contributed by atoms with Gasteiger partial charge in [-0.05, 0) is 64.6 Å². The number of hydrogen-bond acceptors (Lipinski definition) is 4. The highest BCUT2D eigenvalue weighted by Crippen LogP contribution is 2.38. The third kappa shape index (κ3) is 3.99. The van der Waals surface area contributed by atoms with E-state index in [-0.39, 0.29) is 10.5 Å². The topological polar surface area (TPSA) is 90.1 Å². The van der Waals surface area contributed by atoms with Crippen LogP contribution in [0.15, 0.2) is 59.6 Å². The van der Waals surface area contributed by atoms with E-state index in [2.05, 4.69) is 4.98 Å². The number of primary amides is 1. The fourth-order valence-corrected chi connectivity index (χ4v) is 5.08. The van der Waals surface area contributed by atoms with E-state index in [0.717, 1.165) is 6.26 Å². The maximum absolute atomic E-state index is 12.3. The van der Waals surface area contributed by atoms with Crippen molar-refractivity contribution in [3.63, 3.8) is 0 Å². The Labute approximate surface area is 175 Å². The molecule has 0 radical (unpaired) electrons. The number of amides is 1. The number of nitrogens with two attached hydrogens (primary N) is 1. The van der Waals surface area contributed by atoms with Gasteiger partial charge in [-0.1, -0.05) is 23.7 Å². The fraction of sp³-hybridized carbons (Fsp3) is 0.0526. The molecule has 1 amide bonds. The second-order valence-corrected chi connectivity index (χ2v) is 9.32. The van der Waals surface area contributed by atoms with E-state index in [0.29, 0.717) is 31.0 Å². The highest BCUT2D eigenvalue weighted by atomic mass is 127. The number of aromatic nitrogens is 1. The van der Waals surface area contributed by atoms with Gasteiger partial charge in [-0.25, -0.2) is 8.42 Å². The van der Waals surface area contributed by atoms with E-state index >= 15 is 0 Å². The van der Waals surface area contributed by atoms with Crippen LogP contribution in [0.4, 0.5) is 0 Å². The van der Waals surface area contributed by atoms with Gasteiger partial charge in [0.05, 0.1) is 16.2 Å². The van der Waals surface area contributed by atoms with Crippen molar-refractivity contribution in [2.75, 3.05) is 6.26 Å². The lowest BCUT2D eigenvalue weighted by molar-refractivity contribution is 0.0999. The molecule has 0 fully saturated rings. The lowest BCUT2D eigenvalue weighted by Gasteiger charge is -2.15. The van der Waals surface area contributed by atoms with Gasteiger partial charge < -0.3 is 5.73 Å². The first-order valence-electron chi connectivity index (χ1n) is 7.74. The highest BCUT2D eigenvalue weighted by Gasteiger charge is 2.22. The molecule has 0 aliphatic carbocycles.